The van der Waals surface area contributed by atoms with E-state index in [0.717, 1.165) is 14.7 Å². The third-order valence-electron chi connectivity index (χ3n) is 4.68. The molecule has 3 N–H and O–H groups in total. The second-order valence-corrected chi connectivity index (χ2v) is 6.82. The number of carbonyl (C=O) groups excluding carboxylic acids is 1. The molecule has 0 spiro atoms. The van der Waals surface area contributed by atoms with Gasteiger partial charge in [0.1, 0.15) is 6.54 Å². The molecule has 0 aliphatic heterocycles. The van der Waals surface area contributed by atoms with E-state index in [-0.39, 0.29) is 13.1 Å². The van der Waals surface area contributed by atoms with Crippen LogP contribution in [0.25, 0.3) is 0 Å². The smallest absolute Gasteiger partial charge is 0.334 e. The van der Waals surface area contributed by atoms with Gasteiger partial charge >= 0.3 is 11.7 Å². The summed E-state index contributed by atoms with van der Waals surface area (Å²) in [5, 5.41) is 21.5. The zero-order valence-corrected chi connectivity index (χ0v) is 16.5. The Hall–Kier alpha value is -4.14. The molecule has 0 fully saturated rings. The van der Waals surface area contributed by atoms with Crippen molar-refractivity contribution in [3.05, 3.63) is 98.2 Å². The van der Waals surface area contributed by atoms with E-state index < -0.39 is 41.1 Å². The number of nitrogens with zero attached hydrogens (tertiary/aromatic N) is 2. The van der Waals surface area contributed by atoms with E-state index in [2.05, 4.69) is 5.32 Å². The van der Waals surface area contributed by atoms with Crippen molar-refractivity contribution < 1.29 is 19.8 Å². The van der Waals surface area contributed by atoms with Gasteiger partial charge in [-0.3, -0.25) is 23.5 Å². The molecule has 0 radical (unpaired) electrons. The number of nitrogens with one attached hydrogen (secondary N) is 1. The van der Waals surface area contributed by atoms with Gasteiger partial charge in [-0.1, -0.05) is 60.7 Å². The number of carbonyl (C=O) groups is 2. The number of carboxylic acids is 1. The minimum absolute atomic E-state index is 0.0168. The van der Waals surface area contributed by atoms with E-state index in [1.165, 1.54) is 0 Å². The van der Waals surface area contributed by atoms with Gasteiger partial charge in [-0.15, -0.1) is 0 Å². The van der Waals surface area contributed by atoms with Crippen molar-refractivity contribution in [1.82, 2.24) is 14.5 Å². The molecule has 9 nitrogen and oxygen atoms in total. The summed E-state index contributed by atoms with van der Waals surface area (Å²) in [6, 6.07) is 17.9. The Morgan fingerprint density at radius 3 is 2.03 bits per heavy atom. The van der Waals surface area contributed by atoms with Gasteiger partial charge in [0.15, 0.2) is 5.56 Å². The zero-order valence-electron chi connectivity index (χ0n) is 16.5. The summed E-state index contributed by atoms with van der Waals surface area (Å²) in [6.45, 7) is -0.828. The predicted molar refractivity (Wildman–Crippen MR) is 112 cm³/mol. The van der Waals surface area contributed by atoms with Crippen LogP contribution in [-0.4, -0.2) is 37.8 Å². The molecule has 0 aliphatic rings. The van der Waals surface area contributed by atoms with Crippen molar-refractivity contribution in [3.63, 3.8) is 0 Å². The Morgan fingerprint density at radius 2 is 1.45 bits per heavy atom. The van der Waals surface area contributed by atoms with E-state index in [1.807, 2.05) is 30.3 Å². The van der Waals surface area contributed by atoms with Gasteiger partial charge in [0.25, 0.3) is 11.5 Å². The van der Waals surface area contributed by atoms with Crippen molar-refractivity contribution in [1.29, 1.82) is 0 Å². The van der Waals surface area contributed by atoms with Crippen LogP contribution in [0.1, 0.15) is 21.5 Å². The predicted octanol–water partition coefficient (Wildman–Crippen LogP) is 0.821. The van der Waals surface area contributed by atoms with Crippen LogP contribution in [0.4, 0.5) is 0 Å². The molecule has 31 heavy (non-hydrogen) atoms. The molecule has 0 saturated carbocycles. The van der Waals surface area contributed by atoms with Gasteiger partial charge in [-0.25, -0.2) is 4.79 Å². The molecule has 0 saturated heterocycles. The van der Waals surface area contributed by atoms with Gasteiger partial charge in [0.05, 0.1) is 6.54 Å². The van der Waals surface area contributed by atoms with Crippen molar-refractivity contribution in [3.8, 4) is 5.88 Å². The lowest BCUT2D eigenvalue weighted by Crippen LogP contribution is -2.45. The Balaban J connectivity index is 2.07. The molecule has 0 aliphatic carbocycles. The quantitative estimate of drug-likeness (QED) is 0.492. The number of rotatable bonds is 8. The minimum Gasteiger partial charge on any atom is -0.494 e. The number of benzene rings is 2. The third kappa shape index (κ3) is 5.08. The molecule has 0 bridgehead atoms. The molecule has 3 aromatic rings. The molecular formula is C22H21N3O6. The summed E-state index contributed by atoms with van der Waals surface area (Å²) in [6.07, 6.45) is 0.369. The van der Waals surface area contributed by atoms with Crippen molar-refractivity contribution in [2.45, 2.75) is 19.5 Å². The Morgan fingerprint density at radius 1 is 0.871 bits per heavy atom. The molecule has 1 heterocycles. The maximum Gasteiger partial charge on any atom is 0.334 e. The SMILES string of the molecule is O=C(O)CNC(=O)c1c(O)n(CCc2ccccc2)c(=O)n(Cc2ccccc2)c1=O. The van der Waals surface area contributed by atoms with E-state index in [4.69, 9.17) is 5.11 Å². The van der Waals surface area contributed by atoms with Crippen LogP contribution in [0.3, 0.4) is 0 Å². The Kier molecular flexibility index (Phi) is 6.66. The number of hydrogen-bond acceptors (Lipinski definition) is 5. The number of aromatic nitrogens is 2. The third-order valence-corrected chi connectivity index (χ3v) is 4.68. The van der Waals surface area contributed by atoms with E-state index >= 15 is 0 Å². The fourth-order valence-corrected chi connectivity index (χ4v) is 3.12. The first-order valence-corrected chi connectivity index (χ1v) is 9.53. The number of aliphatic carboxylic acids is 1. The second-order valence-electron chi connectivity index (χ2n) is 6.82. The zero-order chi connectivity index (χ0) is 22.4. The average Bonchev–Trinajstić information content (AvgIpc) is 2.76. The second kappa shape index (κ2) is 9.57. The molecule has 160 valence electrons. The molecular weight excluding hydrogens is 402 g/mol. The average molecular weight is 423 g/mol. The van der Waals surface area contributed by atoms with Crippen LogP contribution < -0.4 is 16.6 Å². The van der Waals surface area contributed by atoms with Gasteiger partial charge in [-0.05, 0) is 17.5 Å². The maximum atomic E-state index is 13.0. The number of aromatic hydroxyl groups is 1. The molecule has 3 rings (SSSR count). The van der Waals surface area contributed by atoms with E-state index in [9.17, 15) is 24.3 Å². The molecule has 0 atom stereocenters. The van der Waals surface area contributed by atoms with E-state index in [1.54, 1.807) is 30.3 Å². The minimum atomic E-state index is -1.31. The maximum absolute atomic E-state index is 13.0. The van der Waals surface area contributed by atoms with Crippen LogP contribution >= 0.6 is 0 Å². The summed E-state index contributed by atoms with van der Waals surface area (Å²) >= 11 is 0. The molecule has 1 aromatic heterocycles. The van der Waals surface area contributed by atoms with Gasteiger partial charge < -0.3 is 15.5 Å². The fraction of sp³-hybridized carbons (Fsp3) is 0.182. The summed E-state index contributed by atoms with van der Waals surface area (Å²) in [5.74, 6) is -3.17. The molecule has 0 unspecified atom stereocenters. The summed E-state index contributed by atoms with van der Waals surface area (Å²) < 4.78 is 1.81. The topological polar surface area (TPSA) is 131 Å². The lowest BCUT2D eigenvalue weighted by Gasteiger charge is -2.15. The Bertz CT molecular complexity index is 1200. The van der Waals surface area contributed by atoms with Gasteiger partial charge in [-0.2, -0.15) is 0 Å². The standard InChI is InChI=1S/C22H21N3O6/c26-17(27)13-23-19(28)18-20(29)24(12-11-15-7-3-1-4-8-15)22(31)25(21(18)30)14-16-9-5-2-6-10-16/h1-10,29H,11-14H2,(H,23,28)(H,26,27). The first-order valence-electron chi connectivity index (χ1n) is 9.53. The fourth-order valence-electron chi connectivity index (χ4n) is 3.12. The number of amides is 1. The highest BCUT2D eigenvalue weighted by Crippen LogP contribution is 2.13. The Labute approximate surface area is 176 Å². The molecule has 9 heteroatoms. The van der Waals surface area contributed by atoms with Crippen LogP contribution in [0.2, 0.25) is 0 Å². The van der Waals surface area contributed by atoms with Crippen LogP contribution in [0.15, 0.2) is 70.3 Å². The first-order chi connectivity index (χ1) is 14.9. The number of carboxylic acid groups (broad SMARTS) is 1. The lowest BCUT2D eigenvalue weighted by molar-refractivity contribution is -0.135. The van der Waals surface area contributed by atoms with E-state index in [0.29, 0.717) is 12.0 Å². The van der Waals surface area contributed by atoms with Crippen molar-refractivity contribution in [2.24, 2.45) is 0 Å². The molecule has 1 amide bonds. The van der Waals surface area contributed by atoms with Gasteiger partial charge in [0, 0.05) is 6.54 Å². The van der Waals surface area contributed by atoms with Crippen LogP contribution in [0.5, 0.6) is 5.88 Å². The lowest BCUT2D eigenvalue weighted by atomic mass is 10.1. The summed E-state index contributed by atoms with van der Waals surface area (Å²) in [5.41, 5.74) is -0.891. The summed E-state index contributed by atoms with van der Waals surface area (Å²) in [7, 11) is 0. The number of aryl methyl sites for hydroxylation is 1. The van der Waals surface area contributed by atoms with Crippen molar-refractivity contribution in [2.75, 3.05) is 6.54 Å². The molecule has 2 aromatic carbocycles. The first kappa shape index (κ1) is 21.6. The van der Waals surface area contributed by atoms with Crippen LogP contribution in [-0.2, 0) is 24.3 Å². The van der Waals surface area contributed by atoms with Gasteiger partial charge in [0.2, 0.25) is 5.88 Å². The highest BCUT2D eigenvalue weighted by molar-refractivity contribution is 5.97. The normalized spacial score (nSPS) is 10.6. The summed E-state index contributed by atoms with van der Waals surface area (Å²) in [4.78, 5) is 49.2. The highest BCUT2D eigenvalue weighted by atomic mass is 16.4. The van der Waals surface area contributed by atoms with Crippen LogP contribution in [0, 0.1) is 0 Å². The number of hydrogen-bond donors (Lipinski definition) is 3. The monoisotopic (exact) mass is 423 g/mol. The van der Waals surface area contributed by atoms with Crippen molar-refractivity contribution >= 4 is 11.9 Å². The largest absolute Gasteiger partial charge is 0.494 e. The highest BCUT2D eigenvalue weighted by Gasteiger charge is 2.24.